The number of carbonyl (C=O) groups excluding carboxylic acids is 1. The van der Waals surface area contributed by atoms with Crippen molar-refractivity contribution < 1.29 is 9.53 Å². The zero-order chi connectivity index (χ0) is 18.1. The number of aryl methyl sites for hydroxylation is 2. The van der Waals surface area contributed by atoms with Crippen molar-refractivity contribution in [3.05, 3.63) is 63.6 Å². The monoisotopic (exact) mass is 352 g/mol. The number of ether oxygens (including phenoxy) is 1. The van der Waals surface area contributed by atoms with Gasteiger partial charge in [-0.2, -0.15) is 0 Å². The molecular formula is C21H24N2O3. The maximum absolute atomic E-state index is 12.9. The summed E-state index contributed by atoms with van der Waals surface area (Å²) in [5.74, 6) is 1.36. The Labute approximate surface area is 153 Å². The molecule has 0 saturated carbocycles. The lowest BCUT2D eigenvalue weighted by atomic mass is 9.89. The summed E-state index contributed by atoms with van der Waals surface area (Å²) in [6, 6.07) is 9.54. The summed E-state index contributed by atoms with van der Waals surface area (Å²) in [4.78, 5) is 26.6. The third-order valence-corrected chi connectivity index (χ3v) is 5.54. The van der Waals surface area contributed by atoms with Gasteiger partial charge in [-0.05, 0) is 67.0 Å². The van der Waals surface area contributed by atoms with E-state index in [-0.39, 0.29) is 11.5 Å². The molecule has 5 heteroatoms. The Hall–Kier alpha value is -2.56. The van der Waals surface area contributed by atoms with Crippen LogP contribution in [0.1, 0.15) is 46.7 Å². The number of piperidine rings is 1. The number of pyridine rings is 1. The number of hydrogen-bond donors (Lipinski definition) is 0. The molecule has 0 radical (unpaired) electrons. The van der Waals surface area contributed by atoms with Gasteiger partial charge in [0.25, 0.3) is 11.5 Å². The highest BCUT2D eigenvalue weighted by molar-refractivity contribution is 5.94. The van der Waals surface area contributed by atoms with Crippen LogP contribution in [0.25, 0.3) is 0 Å². The second-order valence-corrected chi connectivity index (χ2v) is 7.25. The van der Waals surface area contributed by atoms with Gasteiger partial charge in [0, 0.05) is 38.0 Å². The van der Waals surface area contributed by atoms with Crippen LogP contribution in [0.5, 0.6) is 5.75 Å². The quantitative estimate of drug-likeness (QED) is 0.835. The van der Waals surface area contributed by atoms with Crippen molar-refractivity contribution >= 4 is 5.91 Å². The number of amides is 1. The van der Waals surface area contributed by atoms with Gasteiger partial charge >= 0.3 is 0 Å². The SMILES string of the molecule is Cn1ccc(C2CCN(C(=O)c3ccc4c(c3)CCCO4)CC2)cc1=O. The lowest BCUT2D eigenvalue weighted by Crippen LogP contribution is -2.38. The van der Waals surface area contributed by atoms with Gasteiger partial charge < -0.3 is 14.2 Å². The Morgan fingerprint density at radius 2 is 1.96 bits per heavy atom. The van der Waals surface area contributed by atoms with Gasteiger partial charge in [0.05, 0.1) is 6.61 Å². The molecule has 0 atom stereocenters. The van der Waals surface area contributed by atoms with Crippen molar-refractivity contribution in [2.45, 2.75) is 31.6 Å². The molecule has 1 fully saturated rings. The maximum atomic E-state index is 12.9. The van der Waals surface area contributed by atoms with E-state index in [0.717, 1.165) is 67.8 Å². The summed E-state index contributed by atoms with van der Waals surface area (Å²) in [5, 5.41) is 0. The Morgan fingerprint density at radius 3 is 2.73 bits per heavy atom. The molecule has 26 heavy (non-hydrogen) atoms. The Morgan fingerprint density at radius 1 is 1.15 bits per heavy atom. The highest BCUT2D eigenvalue weighted by Gasteiger charge is 2.25. The van der Waals surface area contributed by atoms with Crippen LogP contribution in [0.3, 0.4) is 0 Å². The number of likely N-dealkylation sites (tertiary alicyclic amines) is 1. The Balaban J connectivity index is 1.43. The fraction of sp³-hybridized carbons (Fsp3) is 0.429. The summed E-state index contributed by atoms with van der Waals surface area (Å²) in [6.07, 6.45) is 5.60. The van der Waals surface area contributed by atoms with Crippen molar-refractivity contribution in [2.24, 2.45) is 7.05 Å². The molecule has 2 aromatic rings. The molecule has 5 nitrogen and oxygen atoms in total. The van der Waals surface area contributed by atoms with Crippen LogP contribution < -0.4 is 10.3 Å². The third-order valence-electron chi connectivity index (χ3n) is 5.54. The first-order valence-corrected chi connectivity index (χ1v) is 9.33. The number of nitrogens with zero attached hydrogens (tertiary/aromatic N) is 2. The number of hydrogen-bond acceptors (Lipinski definition) is 3. The first-order valence-electron chi connectivity index (χ1n) is 9.33. The van der Waals surface area contributed by atoms with Gasteiger partial charge in [0.2, 0.25) is 0 Å². The highest BCUT2D eigenvalue weighted by atomic mass is 16.5. The minimum atomic E-state index is 0.0253. The van der Waals surface area contributed by atoms with Crippen LogP contribution in [-0.2, 0) is 13.5 Å². The molecule has 136 valence electrons. The smallest absolute Gasteiger partial charge is 0.253 e. The molecule has 0 N–H and O–H groups in total. The zero-order valence-electron chi connectivity index (χ0n) is 15.1. The van der Waals surface area contributed by atoms with Crippen molar-refractivity contribution in [3.8, 4) is 5.75 Å². The molecule has 1 saturated heterocycles. The standard InChI is InChI=1S/C21H24N2O3/c1-22-9-6-16(14-20(22)24)15-7-10-23(11-8-15)21(25)18-4-5-19-17(13-18)3-2-12-26-19/h4-6,9,13-15H,2-3,7-8,10-12H2,1H3. The molecule has 1 aromatic heterocycles. The molecule has 0 unspecified atom stereocenters. The number of aromatic nitrogens is 1. The van der Waals surface area contributed by atoms with Crippen molar-refractivity contribution in [1.29, 1.82) is 0 Å². The summed E-state index contributed by atoms with van der Waals surface area (Å²) in [6.45, 7) is 2.22. The van der Waals surface area contributed by atoms with E-state index in [4.69, 9.17) is 4.74 Å². The molecule has 2 aliphatic rings. The van der Waals surface area contributed by atoms with E-state index in [9.17, 15) is 9.59 Å². The molecule has 3 heterocycles. The van der Waals surface area contributed by atoms with Gasteiger partial charge in [-0.3, -0.25) is 9.59 Å². The fourth-order valence-electron chi connectivity index (χ4n) is 3.91. The van der Waals surface area contributed by atoms with Crippen LogP contribution >= 0.6 is 0 Å². The van der Waals surface area contributed by atoms with E-state index in [1.807, 2.05) is 35.4 Å². The zero-order valence-corrected chi connectivity index (χ0v) is 15.1. The summed E-state index contributed by atoms with van der Waals surface area (Å²) < 4.78 is 7.22. The van der Waals surface area contributed by atoms with Crippen LogP contribution in [0.2, 0.25) is 0 Å². The maximum Gasteiger partial charge on any atom is 0.253 e. The second-order valence-electron chi connectivity index (χ2n) is 7.25. The van der Waals surface area contributed by atoms with Crippen LogP contribution in [0.15, 0.2) is 41.3 Å². The molecule has 0 bridgehead atoms. The average molecular weight is 352 g/mol. The predicted octanol–water partition coefficient (Wildman–Crippen LogP) is 2.73. The highest BCUT2D eigenvalue weighted by Crippen LogP contribution is 2.29. The van der Waals surface area contributed by atoms with Gasteiger partial charge in [-0.25, -0.2) is 0 Å². The normalized spacial score (nSPS) is 17.5. The van der Waals surface area contributed by atoms with Gasteiger partial charge in [-0.15, -0.1) is 0 Å². The van der Waals surface area contributed by atoms with E-state index >= 15 is 0 Å². The molecule has 1 aromatic carbocycles. The molecule has 4 rings (SSSR count). The Bertz CT molecular complexity index is 879. The average Bonchev–Trinajstić information content (AvgIpc) is 2.69. The van der Waals surface area contributed by atoms with Crippen LogP contribution in [0.4, 0.5) is 0 Å². The number of fused-ring (bicyclic) bond motifs is 1. The van der Waals surface area contributed by atoms with Crippen LogP contribution in [-0.4, -0.2) is 35.1 Å². The predicted molar refractivity (Wildman–Crippen MR) is 99.8 cm³/mol. The molecule has 1 amide bonds. The topological polar surface area (TPSA) is 51.5 Å². The summed E-state index contributed by atoms with van der Waals surface area (Å²) >= 11 is 0. The molecule has 0 aliphatic carbocycles. The van der Waals surface area contributed by atoms with Crippen molar-refractivity contribution in [1.82, 2.24) is 9.47 Å². The van der Waals surface area contributed by atoms with E-state index in [1.54, 1.807) is 17.7 Å². The summed E-state index contributed by atoms with van der Waals surface area (Å²) in [5.41, 5.74) is 3.00. The number of benzene rings is 1. The molecule has 2 aliphatic heterocycles. The first kappa shape index (κ1) is 16.9. The van der Waals surface area contributed by atoms with E-state index in [1.165, 1.54) is 0 Å². The minimum absolute atomic E-state index is 0.0253. The summed E-state index contributed by atoms with van der Waals surface area (Å²) in [7, 11) is 1.76. The van der Waals surface area contributed by atoms with Gasteiger partial charge in [0.1, 0.15) is 5.75 Å². The first-order chi connectivity index (χ1) is 12.6. The third kappa shape index (κ3) is 3.26. The molecule has 0 spiro atoms. The van der Waals surface area contributed by atoms with E-state index < -0.39 is 0 Å². The lowest BCUT2D eigenvalue weighted by Gasteiger charge is -2.32. The number of carbonyl (C=O) groups is 1. The Kier molecular flexibility index (Phi) is 4.53. The van der Waals surface area contributed by atoms with Crippen LogP contribution in [0, 0.1) is 0 Å². The fourth-order valence-corrected chi connectivity index (χ4v) is 3.91. The second kappa shape index (κ2) is 6.98. The van der Waals surface area contributed by atoms with Crippen molar-refractivity contribution in [3.63, 3.8) is 0 Å². The lowest BCUT2D eigenvalue weighted by molar-refractivity contribution is 0.0712. The van der Waals surface area contributed by atoms with E-state index in [2.05, 4.69) is 0 Å². The minimum Gasteiger partial charge on any atom is -0.493 e. The van der Waals surface area contributed by atoms with E-state index in [0.29, 0.717) is 5.92 Å². The van der Waals surface area contributed by atoms with Crippen molar-refractivity contribution in [2.75, 3.05) is 19.7 Å². The number of rotatable bonds is 2. The van der Waals surface area contributed by atoms with Gasteiger partial charge in [0.15, 0.2) is 0 Å². The molecular weight excluding hydrogens is 328 g/mol. The van der Waals surface area contributed by atoms with Gasteiger partial charge in [-0.1, -0.05) is 0 Å². The largest absolute Gasteiger partial charge is 0.493 e.